The van der Waals surface area contributed by atoms with Crippen molar-refractivity contribution in [1.29, 1.82) is 0 Å². The molecule has 2 aliphatic heterocycles. The van der Waals surface area contributed by atoms with Gasteiger partial charge < -0.3 is 15.2 Å². The molecule has 2 fully saturated rings. The normalized spacial score (nSPS) is 33.4. The molecule has 2 unspecified atom stereocenters. The highest BCUT2D eigenvalue weighted by Crippen LogP contribution is 2.45. The summed E-state index contributed by atoms with van der Waals surface area (Å²) < 4.78 is 5.22. The van der Waals surface area contributed by atoms with Crippen LogP contribution in [-0.2, 0) is 9.53 Å². The number of hydrogen-bond donors (Lipinski definition) is 2. The van der Waals surface area contributed by atoms with Gasteiger partial charge in [-0.1, -0.05) is 6.42 Å². The van der Waals surface area contributed by atoms with E-state index in [0.717, 1.165) is 19.3 Å². The number of amides is 1. The number of fused-ring (bicyclic) bond motifs is 2. The van der Waals surface area contributed by atoms with Gasteiger partial charge in [-0.05, 0) is 46.5 Å². The van der Waals surface area contributed by atoms with Crippen molar-refractivity contribution in [3.63, 3.8) is 0 Å². The summed E-state index contributed by atoms with van der Waals surface area (Å²) in [5.41, 5.74) is -1.79. The number of ether oxygens (including phenoxy) is 1. The summed E-state index contributed by atoms with van der Waals surface area (Å²) in [5, 5.41) is 12.9. The number of hydrogen-bond acceptors (Lipinski definition) is 4. The molecule has 2 bridgehead atoms. The van der Waals surface area contributed by atoms with E-state index in [2.05, 4.69) is 5.32 Å². The first-order valence-corrected chi connectivity index (χ1v) is 8.04. The number of alkyl carbamates (subject to hydrolysis) is 1. The molecule has 0 aromatic rings. The largest absolute Gasteiger partial charge is 0.480 e. The van der Waals surface area contributed by atoms with E-state index in [9.17, 15) is 14.7 Å². The monoisotopic (exact) mass is 301 g/mol. The second-order valence-electron chi connectivity index (χ2n) is 6.73. The van der Waals surface area contributed by atoms with Crippen molar-refractivity contribution in [1.82, 2.24) is 5.32 Å². The number of aliphatic carboxylic acids is 1. The predicted octanol–water partition coefficient (Wildman–Crippen LogP) is 2.78. The van der Waals surface area contributed by atoms with E-state index in [4.69, 9.17) is 4.74 Å². The predicted molar refractivity (Wildman–Crippen MR) is 78.0 cm³/mol. The molecule has 5 nitrogen and oxygen atoms in total. The van der Waals surface area contributed by atoms with Crippen LogP contribution < -0.4 is 5.32 Å². The Labute approximate surface area is 123 Å². The number of thioether (sulfide) groups is 1. The number of carbonyl (C=O) groups excluding carboxylic acids is 1. The zero-order valence-electron chi connectivity index (χ0n) is 12.3. The summed E-state index contributed by atoms with van der Waals surface area (Å²) in [7, 11) is 0. The fourth-order valence-electron chi connectivity index (χ4n) is 2.97. The van der Waals surface area contributed by atoms with E-state index < -0.39 is 23.2 Å². The topological polar surface area (TPSA) is 75.6 Å². The molecule has 6 heteroatoms. The average Bonchev–Trinajstić information content (AvgIpc) is 2.25. The fraction of sp³-hybridized carbons (Fsp3) is 0.857. The lowest BCUT2D eigenvalue weighted by molar-refractivity contribution is -0.146. The number of nitrogens with one attached hydrogen (secondary N) is 1. The second kappa shape index (κ2) is 5.47. The third-order valence-corrected chi connectivity index (χ3v) is 5.31. The van der Waals surface area contributed by atoms with Crippen molar-refractivity contribution in [3.05, 3.63) is 0 Å². The number of carboxylic acid groups (broad SMARTS) is 1. The van der Waals surface area contributed by atoms with Gasteiger partial charge in [0.05, 0.1) is 0 Å². The summed E-state index contributed by atoms with van der Waals surface area (Å²) in [6.07, 6.45) is 3.57. The summed E-state index contributed by atoms with van der Waals surface area (Å²) in [6.45, 7) is 5.31. The Morgan fingerprint density at radius 3 is 2.25 bits per heavy atom. The maximum atomic E-state index is 12.0. The Balaban J connectivity index is 2.10. The lowest BCUT2D eigenvalue weighted by atomic mass is 9.82. The minimum atomic E-state index is -1.16. The standard InChI is InChI=1S/C14H23NO4S/c1-13(2,3)19-12(18)15-14(11(16)17)7-9-5-4-6-10(8-14)20-9/h9-10H,4-8H2,1-3H3,(H,15,18)(H,16,17). The fourth-order valence-corrected chi connectivity index (χ4v) is 4.88. The van der Waals surface area contributed by atoms with Crippen LogP contribution in [0.15, 0.2) is 0 Å². The molecule has 2 heterocycles. The summed E-state index contributed by atoms with van der Waals surface area (Å²) in [5.74, 6) is -0.944. The zero-order chi connectivity index (χ0) is 15.0. The van der Waals surface area contributed by atoms with Crippen LogP contribution in [0.4, 0.5) is 4.79 Å². The Kier molecular flexibility index (Phi) is 4.23. The van der Waals surface area contributed by atoms with Crippen molar-refractivity contribution in [2.75, 3.05) is 0 Å². The van der Waals surface area contributed by atoms with Crippen LogP contribution in [0.3, 0.4) is 0 Å². The molecule has 0 radical (unpaired) electrons. The van der Waals surface area contributed by atoms with Gasteiger partial charge in [0.25, 0.3) is 0 Å². The highest BCUT2D eigenvalue weighted by molar-refractivity contribution is 8.00. The van der Waals surface area contributed by atoms with Crippen molar-refractivity contribution < 1.29 is 19.4 Å². The molecule has 2 atom stereocenters. The molecule has 0 spiro atoms. The first kappa shape index (κ1) is 15.5. The SMILES string of the molecule is CC(C)(C)OC(=O)NC1(C(=O)O)CC2CCCC(C1)S2. The van der Waals surface area contributed by atoms with Crippen molar-refractivity contribution >= 4 is 23.8 Å². The van der Waals surface area contributed by atoms with Crippen LogP contribution in [0.2, 0.25) is 0 Å². The van der Waals surface area contributed by atoms with Gasteiger partial charge in [-0.25, -0.2) is 9.59 Å². The molecule has 0 saturated carbocycles. The second-order valence-corrected chi connectivity index (χ2v) is 8.34. The van der Waals surface area contributed by atoms with E-state index in [0.29, 0.717) is 23.3 Å². The average molecular weight is 301 g/mol. The summed E-state index contributed by atoms with van der Waals surface area (Å²) in [4.78, 5) is 23.7. The van der Waals surface area contributed by atoms with Crippen molar-refractivity contribution in [2.24, 2.45) is 0 Å². The molecule has 2 aliphatic rings. The molecule has 0 aliphatic carbocycles. The quantitative estimate of drug-likeness (QED) is 0.820. The van der Waals surface area contributed by atoms with Crippen LogP contribution in [0.5, 0.6) is 0 Å². The van der Waals surface area contributed by atoms with Crippen LogP contribution in [-0.4, -0.2) is 38.8 Å². The van der Waals surface area contributed by atoms with E-state index in [1.165, 1.54) is 0 Å². The van der Waals surface area contributed by atoms with E-state index >= 15 is 0 Å². The summed E-state index contributed by atoms with van der Waals surface area (Å²) in [6, 6.07) is 0. The maximum absolute atomic E-state index is 12.0. The van der Waals surface area contributed by atoms with Crippen LogP contribution in [0, 0.1) is 0 Å². The molecule has 2 saturated heterocycles. The van der Waals surface area contributed by atoms with Gasteiger partial charge in [0, 0.05) is 10.5 Å². The molecule has 1 amide bonds. The number of rotatable bonds is 2. The third-order valence-electron chi connectivity index (χ3n) is 3.74. The van der Waals surface area contributed by atoms with E-state index in [1.54, 1.807) is 20.8 Å². The summed E-state index contributed by atoms with van der Waals surface area (Å²) >= 11 is 1.88. The Bertz CT molecular complexity index is 392. The molecule has 20 heavy (non-hydrogen) atoms. The van der Waals surface area contributed by atoms with Crippen LogP contribution in [0.1, 0.15) is 52.9 Å². The maximum Gasteiger partial charge on any atom is 0.408 e. The molecule has 0 aromatic heterocycles. The molecule has 2 N–H and O–H groups in total. The minimum absolute atomic E-state index is 0.327. The smallest absolute Gasteiger partial charge is 0.408 e. The molecule has 2 rings (SSSR count). The van der Waals surface area contributed by atoms with Crippen molar-refractivity contribution in [2.45, 2.75) is 74.5 Å². The van der Waals surface area contributed by atoms with Gasteiger partial charge in [-0.2, -0.15) is 11.8 Å². The van der Waals surface area contributed by atoms with E-state index in [-0.39, 0.29) is 0 Å². The number of carbonyl (C=O) groups is 2. The minimum Gasteiger partial charge on any atom is -0.480 e. The van der Waals surface area contributed by atoms with E-state index in [1.807, 2.05) is 11.8 Å². The molecule has 0 aromatic carbocycles. The van der Waals surface area contributed by atoms with Crippen LogP contribution >= 0.6 is 11.8 Å². The number of carboxylic acids is 1. The van der Waals surface area contributed by atoms with Crippen molar-refractivity contribution in [3.8, 4) is 0 Å². The van der Waals surface area contributed by atoms with Gasteiger partial charge in [-0.15, -0.1) is 0 Å². The van der Waals surface area contributed by atoms with Gasteiger partial charge >= 0.3 is 12.1 Å². The van der Waals surface area contributed by atoms with Gasteiger partial charge in [0.15, 0.2) is 0 Å². The Morgan fingerprint density at radius 2 is 1.80 bits per heavy atom. The van der Waals surface area contributed by atoms with Gasteiger partial charge in [0.2, 0.25) is 0 Å². The Morgan fingerprint density at radius 1 is 1.25 bits per heavy atom. The Hall–Kier alpha value is -0.910. The highest BCUT2D eigenvalue weighted by atomic mass is 32.2. The highest BCUT2D eigenvalue weighted by Gasteiger charge is 2.49. The first-order chi connectivity index (χ1) is 9.20. The molecule has 114 valence electrons. The first-order valence-electron chi connectivity index (χ1n) is 7.10. The molecular weight excluding hydrogens is 278 g/mol. The lowest BCUT2D eigenvalue weighted by Gasteiger charge is -2.44. The molecular formula is C14H23NO4S. The third kappa shape index (κ3) is 3.59. The lowest BCUT2D eigenvalue weighted by Crippen LogP contribution is -2.60. The van der Waals surface area contributed by atoms with Gasteiger partial charge in [0.1, 0.15) is 11.1 Å². The van der Waals surface area contributed by atoms with Crippen LogP contribution in [0.25, 0.3) is 0 Å². The zero-order valence-corrected chi connectivity index (χ0v) is 13.1. The van der Waals surface area contributed by atoms with Gasteiger partial charge in [-0.3, -0.25) is 0 Å².